The molecule has 178 valence electrons. The quantitative estimate of drug-likeness (QED) is 0.619. The van der Waals surface area contributed by atoms with Crippen molar-refractivity contribution in [1.82, 2.24) is 19.6 Å². The van der Waals surface area contributed by atoms with Crippen molar-refractivity contribution in [3.8, 4) is 5.69 Å². The van der Waals surface area contributed by atoms with Gasteiger partial charge in [0.05, 0.1) is 17.4 Å². The first-order chi connectivity index (χ1) is 16.1. The number of primary amides is 1. The molecule has 1 aliphatic heterocycles. The molecule has 2 heterocycles. The van der Waals surface area contributed by atoms with Crippen molar-refractivity contribution in [2.75, 3.05) is 26.2 Å². The minimum absolute atomic E-state index is 0.240. The van der Waals surface area contributed by atoms with Crippen LogP contribution < -0.4 is 5.73 Å². The average Bonchev–Trinajstić information content (AvgIpc) is 3.26. The summed E-state index contributed by atoms with van der Waals surface area (Å²) in [6.45, 7) is 4.05. The number of halogens is 3. The first-order valence-corrected chi connectivity index (χ1v) is 10.8. The number of hydrogen-bond acceptors (Lipinski definition) is 4. The number of hydrogen-bond donors (Lipinski definition) is 1. The predicted octanol–water partition coefficient (Wildman–Crippen LogP) is 3.26. The molecule has 4 rings (SSSR count). The number of nitrogens with zero attached hydrogens (tertiary/aromatic N) is 4. The van der Waals surface area contributed by atoms with E-state index >= 15 is 0 Å². The van der Waals surface area contributed by atoms with Gasteiger partial charge in [0.15, 0.2) is 5.69 Å². The van der Waals surface area contributed by atoms with Gasteiger partial charge in [-0.15, -0.1) is 0 Å². The summed E-state index contributed by atoms with van der Waals surface area (Å²) >= 11 is 0. The third kappa shape index (κ3) is 4.96. The maximum atomic E-state index is 13.9. The van der Waals surface area contributed by atoms with E-state index in [0.29, 0.717) is 38.3 Å². The molecular formula is C24H24F3N5O2. The minimum Gasteiger partial charge on any atom is -0.366 e. The number of benzene rings is 2. The zero-order chi connectivity index (χ0) is 24.5. The third-order valence-corrected chi connectivity index (χ3v) is 5.85. The summed E-state index contributed by atoms with van der Waals surface area (Å²) in [6.07, 6.45) is -3.75. The third-order valence-electron chi connectivity index (χ3n) is 5.85. The lowest BCUT2D eigenvalue weighted by molar-refractivity contribution is -0.143. The Kier molecular flexibility index (Phi) is 6.43. The van der Waals surface area contributed by atoms with Crippen LogP contribution in [0.15, 0.2) is 54.7 Å². The summed E-state index contributed by atoms with van der Waals surface area (Å²) in [5.41, 5.74) is 6.27. The fourth-order valence-electron chi connectivity index (χ4n) is 3.97. The number of piperazine rings is 1. The molecule has 0 radical (unpaired) electrons. The molecule has 2 amide bonds. The lowest BCUT2D eigenvalue weighted by Crippen LogP contribution is -2.48. The van der Waals surface area contributed by atoms with Crippen LogP contribution in [0.5, 0.6) is 0 Å². The lowest BCUT2D eigenvalue weighted by Gasteiger charge is -2.34. The fourth-order valence-corrected chi connectivity index (χ4v) is 3.97. The van der Waals surface area contributed by atoms with Gasteiger partial charge in [-0.2, -0.15) is 18.3 Å². The summed E-state index contributed by atoms with van der Waals surface area (Å²) in [7, 11) is 0. The second kappa shape index (κ2) is 9.30. The van der Waals surface area contributed by atoms with E-state index in [1.165, 1.54) is 4.90 Å². The monoisotopic (exact) mass is 471 g/mol. The SMILES string of the molecule is Cc1ccc(-n2ncc(C(=O)N3CCN(Cc4ccc(C(N)=O)cc4)CC3)c2C(F)(F)F)cc1. The molecule has 2 aromatic carbocycles. The van der Waals surface area contributed by atoms with Gasteiger partial charge in [0.25, 0.3) is 5.91 Å². The first kappa shape index (κ1) is 23.5. The van der Waals surface area contributed by atoms with Crippen LogP contribution >= 0.6 is 0 Å². The zero-order valence-corrected chi connectivity index (χ0v) is 18.5. The molecule has 1 aromatic heterocycles. The second-order valence-corrected chi connectivity index (χ2v) is 8.28. The van der Waals surface area contributed by atoms with Gasteiger partial charge >= 0.3 is 6.18 Å². The number of carbonyl (C=O) groups excluding carboxylic acids is 2. The van der Waals surface area contributed by atoms with Crippen LogP contribution in [-0.4, -0.2) is 57.6 Å². The van der Waals surface area contributed by atoms with Crippen LogP contribution in [0.25, 0.3) is 5.69 Å². The number of alkyl halides is 3. The molecule has 10 heteroatoms. The molecular weight excluding hydrogens is 447 g/mol. The van der Waals surface area contributed by atoms with Crippen LogP contribution in [-0.2, 0) is 12.7 Å². The van der Waals surface area contributed by atoms with E-state index in [1.54, 1.807) is 36.4 Å². The molecule has 0 spiro atoms. The highest BCUT2D eigenvalue weighted by molar-refractivity contribution is 5.95. The Morgan fingerprint density at radius 1 is 0.971 bits per heavy atom. The number of amides is 2. The molecule has 7 nitrogen and oxygen atoms in total. The van der Waals surface area contributed by atoms with Crippen LogP contribution in [0.4, 0.5) is 13.2 Å². The van der Waals surface area contributed by atoms with Crippen molar-refractivity contribution in [2.45, 2.75) is 19.6 Å². The molecule has 0 atom stereocenters. The predicted molar refractivity (Wildman–Crippen MR) is 119 cm³/mol. The Morgan fingerprint density at radius 2 is 1.59 bits per heavy atom. The molecule has 1 saturated heterocycles. The average molecular weight is 471 g/mol. The summed E-state index contributed by atoms with van der Waals surface area (Å²) in [6, 6.07) is 13.4. The van der Waals surface area contributed by atoms with Gasteiger partial charge in [-0.05, 0) is 36.8 Å². The molecule has 0 bridgehead atoms. The topological polar surface area (TPSA) is 84.5 Å². The standard InChI is InChI=1S/C24H24F3N5O2/c1-16-2-8-19(9-3-16)32-21(24(25,26)27)20(14-29-32)23(34)31-12-10-30(11-13-31)15-17-4-6-18(7-5-17)22(28)33/h2-9,14H,10-13,15H2,1H3,(H2,28,33). The van der Waals surface area contributed by atoms with Gasteiger partial charge in [-0.25, -0.2) is 4.68 Å². The molecule has 34 heavy (non-hydrogen) atoms. The summed E-state index contributed by atoms with van der Waals surface area (Å²) in [5, 5.41) is 3.89. The van der Waals surface area contributed by atoms with E-state index < -0.39 is 29.2 Å². The highest BCUT2D eigenvalue weighted by Gasteiger charge is 2.41. The van der Waals surface area contributed by atoms with Crippen molar-refractivity contribution in [2.24, 2.45) is 5.73 Å². The van der Waals surface area contributed by atoms with Crippen LogP contribution in [0.3, 0.4) is 0 Å². The van der Waals surface area contributed by atoms with Gasteiger partial charge in [-0.1, -0.05) is 29.8 Å². The molecule has 1 fully saturated rings. The lowest BCUT2D eigenvalue weighted by atomic mass is 10.1. The number of carbonyl (C=O) groups is 2. The largest absolute Gasteiger partial charge is 0.434 e. The van der Waals surface area contributed by atoms with E-state index in [9.17, 15) is 22.8 Å². The van der Waals surface area contributed by atoms with Gasteiger partial charge in [-0.3, -0.25) is 14.5 Å². The molecule has 2 N–H and O–H groups in total. The van der Waals surface area contributed by atoms with Gasteiger partial charge < -0.3 is 10.6 Å². The molecule has 3 aromatic rings. The number of nitrogens with two attached hydrogens (primary N) is 1. The van der Waals surface area contributed by atoms with Gasteiger partial charge in [0.1, 0.15) is 0 Å². The van der Waals surface area contributed by atoms with Crippen molar-refractivity contribution in [3.63, 3.8) is 0 Å². The first-order valence-electron chi connectivity index (χ1n) is 10.8. The van der Waals surface area contributed by atoms with Gasteiger partial charge in [0.2, 0.25) is 5.91 Å². The molecule has 0 aliphatic carbocycles. The number of aromatic nitrogens is 2. The summed E-state index contributed by atoms with van der Waals surface area (Å²) in [5.74, 6) is -1.18. The van der Waals surface area contributed by atoms with E-state index in [-0.39, 0.29) is 5.69 Å². The van der Waals surface area contributed by atoms with Crippen molar-refractivity contribution < 1.29 is 22.8 Å². The Balaban J connectivity index is 1.46. The smallest absolute Gasteiger partial charge is 0.366 e. The fraction of sp³-hybridized carbons (Fsp3) is 0.292. The Hall–Kier alpha value is -3.66. The van der Waals surface area contributed by atoms with Gasteiger partial charge in [0, 0.05) is 38.3 Å². The van der Waals surface area contributed by atoms with Crippen molar-refractivity contribution in [1.29, 1.82) is 0 Å². The van der Waals surface area contributed by atoms with Crippen molar-refractivity contribution in [3.05, 3.63) is 82.7 Å². The summed E-state index contributed by atoms with van der Waals surface area (Å²) < 4.78 is 42.6. The van der Waals surface area contributed by atoms with Crippen LogP contribution in [0.1, 0.15) is 37.5 Å². The second-order valence-electron chi connectivity index (χ2n) is 8.28. The highest BCUT2D eigenvalue weighted by atomic mass is 19.4. The summed E-state index contributed by atoms with van der Waals surface area (Å²) in [4.78, 5) is 27.8. The highest BCUT2D eigenvalue weighted by Crippen LogP contribution is 2.34. The normalized spacial score (nSPS) is 14.9. The maximum absolute atomic E-state index is 13.9. The number of aryl methyl sites for hydroxylation is 1. The number of rotatable bonds is 5. The Morgan fingerprint density at radius 3 is 2.15 bits per heavy atom. The van der Waals surface area contributed by atoms with Crippen LogP contribution in [0.2, 0.25) is 0 Å². The molecule has 0 saturated carbocycles. The van der Waals surface area contributed by atoms with Crippen LogP contribution in [0, 0.1) is 6.92 Å². The van der Waals surface area contributed by atoms with Crippen molar-refractivity contribution >= 4 is 11.8 Å². The molecule has 1 aliphatic rings. The molecule has 0 unspecified atom stereocenters. The Bertz CT molecular complexity index is 1180. The zero-order valence-electron chi connectivity index (χ0n) is 18.5. The van der Waals surface area contributed by atoms with E-state index in [1.807, 2.05) is 19.1 Å². The van der Waals surface area contributed by atoms with E-state index in [0.717, 1.165) is 22.0 Å². The maximum Gasteiger partial charge on any atom is 0.434 e. The van der Waals surface area contributed by atoms with E-state index in [2.05, 4.69) is 10.00 Å². The minimum atomic E-state index is -4.74. The van der Waals surface area contributed by atoms with E-state index in [4.69, 9.17) is 5.73 Å². The Labute approximate surface area is 194 Å².